The average Bonchev–Trinajstić information content (AvgIpc) is 2.33. The second-order valence-corrected chi connectivity index (χ2v) is 2.77. The van der Waals surface area contributed by atoms with E-state index >= 15 is 0 Å². The molecule has 0 amide bonds. The summed E-state index contributed by atoms with van der Waals surface area (Å²) in [6, 6.07) is 0.513. The zero-order valence-corrected chi connectivity index (χ0v) is 5.42. The number of hydrogen-bond acceptors (Lipinski definition) is 2. The molecule has 0 saturated carbocycles. The van der Waals surface area contributed by atoms with Gasteiger partial charge in [-0.3, -0.25) is 4.99 Å². The van der Waals surface area contributed by atoms with Gasteiger partial charge >= 0.3 is 0 Å². The van der Waals surface area contributed by atoms with Crippen molar-refractivity contribution in [2.45, 2.75) is 18.9 Å². The fourth-order valence-corrected chi connectivity index (χ4v) is 1.53. The largest absolute Gasteiger partial charge is 0.379 e. The first-order valence-electron chi connectivity index (χ1n) is 3.56. The molecule has 0 spiro atoms. The maximum Gasteiger partial charge on any atom is 0.0779 e. The molecule has 1 saturated heterocycles. The van der Waals surface area contributed by atoms with Gasteiger partial charge in [-0.05, 0) is 19.1 Å². The van der Waals surface area contributed by atoms with Gasteiger partial charge in [0.2, 0.25) is 0 Å². The summed E-state index contributed by atoms with van der Waals surface area (Å²) in [7, 11) is 0. The van der Waals surface area contributed by atoms with Crippen molar-refractivity contribution in [2.24, 2.45) is 10.9 Å². The minimum Gasteiger partial charge on any atom is -0.379 e. The van der Waals surface area contributed by atoms with Crippen LogP contribution in [0, 0.1) is 5.92 Å². The predicted molar refractivity (Wildman–Crippen MR) is 35.8 cm³/mol. The smallest absolute Gasteiger partial charge is 0.0779 e. The van der Waals surface area contributed by atoms with E-state index in [9.17, 15) is 0 Å². The van der Waals surface area contributed by atoms with Crippen molar-refractivity contribution >= 4 is 6.21 Å². The van der Waals surface area contributed by atoms with Gasteiger partial charge in [-0.25, -0.2) is 0 Å². The minimum absolute atomic E-state index is 0.513. The highest BCUT2D eigenvalue weighted by Crippen LogP contribution is 2.23. The molecule has 0 aromatic rings. The Bertz CT molecular complexity index is 133. The van der Waals surface area contributed by atoms with E-state index in [0.717, 1.165) is 25.6 Å². The molecule has 2 rings (SSSR count). The Morgan fingerprint density at radius 2 is 2.44 bits per heavy atom. The van der Waals surface area contributed by atoms with Crippen LogP contribution in [0.4, 0.5) is 0 Å². The van der Waals surface area contributed by atoms with Crippen LogP contribution in [0.1, 0.15) is 12.8 Å². The third-order valence-corrected chi connectivity index (χ3v) is 2.13. The standard InChI is InChI=1S/C7H11NO/c1-2-6-4-9-5-7(6)8-3-1/h3,6-7H,1-2,4-5H2. The van der Waals surface area contributed by atoms with Crippen molar-refractivity contribution in [1.29, 1.82) is 0 Å². The van der Waals surface area contributed by atoms with Crippen molar-refractivity contribution in [3.05, 3.63) is 0 Å². The Morgan fingerprint density at radius 3 is 3.33 bits per heavy atom. The average molecular weight is 125 g/mol. The summed E-state index contributed by atoms with van der Waals surface area (Å²) < 4.78 is 5.28. The Labute approximate surface area is 54.9 Å². The van der Waals surface area contributed by atoms with E-state index in [0.29, 0.717) is 6.04 Å². The van der Waals surface area contributed by atoms with Gasteiger partial charge in [0, 0.05) is 5.92 Å². The highest BCUT2D eigenvalue weighted by Gasteiger charge is 2.28. The maximum absolute atomic E-state index is 5.28. The first-order chi connectivity index (χ1) is 4.47. The van der Waals surface area contributed by atoms with Crippen LogP contribution in [0.15, 0.2) is 4.99 Å². The molecule has 2 unspecified atom stereocenters. The number of fused-ring (bicyclic) bond motifs is 1. The molecule has 2 heteroatoms. The molecule has 2 heterocycles. The quantitative estimate of drug-likeness (QED) is 0.470. The van der Waals surface area contributed by atoms with Crippen molar-refractivity contribution < 1.29 is 4.74 Å². The van der Waals surface area contributed by atoms with E-state index in [4.69, 9.17) is 4.74 Å². The molecule has 0 radical (unpaired) electrons. The van der Waals surface area contributed by atoms with E-state index in [1.54, 1.807) is 0 Å². The first kappa shape index (κ1) is 5.42. The lowest BCUT2D eigenvalue weighted by molar-refractivity contribution is 0.184. The van der Waals surface area contributed by atoms with E-state index in [1.165, 1.54) is 6.42 Å². The van der Waals surface area contributed by atoms with Crippen LogP contribution in [0.2, 0.25) is 0 Å². The van der Waals surface area contributed by atoms with Crippen LogP contribution in [0.25, 0.3) is 0 Å². The molecule has 1 fully saturated rings. The second-order valence-electron chi connectivity index (χ2n) is 2.77. The highest BCUT2D eigenvalue weighted by molar-refractivity contribution is 5.58. The summed E-state index contributed by atoms with van der Waals surface area (Å²) in [4.78, 5) is 4.34. The van der Waals surface area contributed by atoms with Crippen LogP contribution in [0.5, 0.6) is 0 Å². The topological polar surface area (TPSA) is 21.6 Å². The lowest BCUT2D eigenvalue weighted by Gasteiger charge is -2.15. The fourth-order valence-electron chi connectivity index (χ4n) is 1.53. The van der Waals surface area contributed by atoms with Crippen LogP contribution in [0.3, 0.4) is 0 Å². The lowest BCUT2D eigenvalue weighted by atomic mass is 9.96. The SMILES string of the molecule is C1=NC2COCC2CC1. The summed E-state index contributed by atoms with van der Waals surface area (Å²) in [5.41, 5.74) is 0. The molecule has 9 heavy (non-hydrogen) atoms. The molecule has 2 nitrogen and oxygen atoms in total. The zero-order chi connectivity index (χ0) is 6.10. The number of ether oxygens (including phenoxy) is 1. The summed E-state index contributed by atoms with van der Waals surface area (Å²) in [5.74, 6) is 0.745. The van der Waals surface area contributed by atoms with Gasteiger partial charge in [-0.1, -0.05) is 0 Å². The monoisotopic (exact) mass is 125 g/mol. The summed E-state index contributed by atoms with van der Waals surface area (Å²) in [6.45, 7) is 1.81. The van der Waals surface area contributed by atoms with Crippen LogP contribution >= 0.6 is 0 Å². The Morgan fingerprint density at radius 1 is 1.44 bits per heavy atom. The Balaban J connectivity index is 2.10. The Hall–Kier alpha value is -0.370. The highest BCUT2D eigenvalue weighted by atomic mass is 16.5. The van der Waals surface area contributed by atoms with Crippen molar-refractivity contribution in [3.8, 4) is 0 Å². The van der Waals surface area contributed by atoms with Crippen molar-refractivity contribution in [2.75, 3.05) is 13.2 Å². The van der Waals surface area contributed by atoms with Gasteiger partial charge in [-0.15, -0.1) is 0 Å². The zero-order valence-electron chi connectivity index (χ0n) is 5.42. The van der Waals surface area contributed by atoms with Gasteiger partial charge in [0.05, 0.1) is 19.3 Å². The molecule has 2 aliphatic heterocycles. The molecule has 0 aromatic heterocycles. The minimum atomic E-state index is 0.513. The molecule has 2 aliphatic rings. The second kappa shape index (κ2) is 2.10. The summed E-state index contributed by atoms with van der Waals surface area (Å²) in [5, 5.41) is 0. The molecule has 0 aromatic carbocycles. The van der Waals surface area contributed by atoms with Gasteiger partial charge in [-0.2, -0.15) is 0 Å². The fraction of sp³-hybridized carbons (Fsp3) is 0.857. The van der Waals surface area contributed by atoms with E-state index in [1.807, 2.05) is 6.21 Å². The number of rotatable bonds is 0. The third kappa shape index (κ3) is 0.874. The van der Waals surface area contributed by atoms with E-state index in [2.05, 4.69) is 4.99 Å². The maximum atomic E-state index is 5.28. The van der Waals surface area contributed by atoms with Crippen LogP contribution < -0.4 is 0 Å². The molecule has 0 N–H and O–H groups in total. The van der Waals surface area contributed by atoms with Gasteiger partial charge in [0.25, 0.3) is 0 Å². The van der Waals surface area contributed by atoms with Crippen molar-refractivity contribution in [1.82, 2.24) is 0 Å². The van der Waals surface area contributed by atoms with E-state index < -0.39 is 0 Å². The summed E-state index contributed by atoms with van der Waals surface area (Å²) >= 11 is 0. The van der Waals surface area contributed by atoms with E-state index in [-0.39, 0.29) is 0 Å². The lowest BCUT2D eigenvalue weighted by Crippen LogP contribution is -2.19. The predicted octanol–water partition coefficient (Wildman–Crippen LogP) is 0.866. The van der Waals surface area contributed by atoms with Crippen LogP contribution in [-0.2, 0) is 4.74 Å². The number of aliphatic imine (C=N–C) groups is 1. The molecule has 2 atom stereocenters. The molecular weight excluding hydrogens is 114 g/mol. The van der Waals surface area contributed by atoms with Gasteiger partial charge in [0.1, 0.15) is 0 Å². The van der Waals surface area contributed by atoms with Crippen molar-refractivity contribution in [3.63, 3.8) is 0 Å². The first-order valence-corrected chi connectivity index (χ1v) is 3.56. The molecule has 50 valence electrons. The van der Waals surface area contributed by atoms with Gasteiger partial charge < -0.3 is 4.74 Å². The van der Waals surface area contributed by atoms with Crippen LogP contribution in [-0.4, -0.2) is 25.5 Å². The number of nitrogens with zero attached hydrogens (tertiary/aromatic N) is 1. The Kier molecular flexibility index (Phi) is 1.27. The third-order valence-electron chi connectivity index (χ3n) is 2.13. The summed E-state index contributed by atoms with van der Waals surface area (Å²) in [6.07, 6.45) is 4.48. The molecule has 0 bridgehead atoms. The van der Waals surface area contributed by atoms with Gasteiger partial charge in [0.15, 0.2) is 0 Å². The molecular formula is C7H11NO. The normalized spacial score (nSPS) is 40.9. The number of hydrogen-bond donors (Lipinski definition) is 0. The molecule has 0 aliphatic carbocycles.